The van der Waals surface area contributed by atoms with Gasteiger partial charge in [-0.05, 0) is 18.1 Å². The second-order valence-electron chi connectivity index (χ2n) is 2.88. The first-order valence-electron chi connectivity index (χ1n) is 4.45. The summed E-state index contributed by atoms with van der Waals surface area (Å²) in [5.41, 5.74) is 1.23. The van der Waals surface area contributed by atoms with E-state index in [2.05, 4.69) is 16.3 Å². The molecule has 0 N–H and O–H groups in total. The highest BCUT2D eigenvalue weighted by Crippen LogP contribution is 2.17. The van der Waals surface area contributed by atoms with Crippen molar-refractivity contribution in [3.05, 3.63) is 36.0 Å². The second kappa shape index (κ2) is 5.14. The van der Waals surface area contributed by atoms with Gasteiger partial charge in [0.1, 0.15) is 5.56 Å². The number of pyridine rings is 1. The van der Waals surface area contributed by atoms with Crippen LogP contribution in [0.25, 0.3) is 0 Å². The molecule has 0 saturated heterocycles. The fourth-order valence-corrected chi connectivity index (χ4v) is 1.19. The Balaban J connectivity index is 3.12. The van der Waals surface area contributed by atoms with Crippen LogP contribution in [0.2, 0.25) is 0 Å². The van der Waals surface area contributed by atoms with Gasteiger partial charge in [-0.25, -0.2) is 9.78 Å². The van der Waals surface area contributed by atoms with Crippen molar-refractivity contribution >= 4 is 5.97 Å². The number of methoxy groups -OCH3 is 2. The third-order valence-electron chi connectivity index (χ3n) is 1.89. The molecule has 0 bridgehead atoms. The highest BCUT2D eigenvalue weighted by molar-refractivity contribution is 5.91. The maximum Gasteiger partial charge on any atom is 0.343 e. The molecular weight excluding hydrogens is 194 g/mol. The molecule has 1 rings (SSSR count). The van der Waals surface area contributed by atoms with Gasteiger partial charge in [0, 0.05) is 6.20 Å². The first-order chi connectivity index (χ1) is 7.22. The molecule has 0 atom stereocenters. The summed E-state index contributed by atoms with van der Waals surface area (Å²) < 4.78 is 9.59. The highest BCUT2D eigenvalue weighted by Gasteiger charge is 2.14. The minimum absolute atomic E-state index is 0.273. The summed E-state index contributed by atoms with van der Waals surface area (Å²) in [5, 5.41) is 0. The number of nitrogens with zero attached hydrogens (tertiary/aromatic N) is 1. The van der Waals surface area contributed by atoms with Gasteiger partial charge < -0.3 is 9.47 Å². The Morgan fingerprint density at radius 2 is 2.33 bits per heavy atom. The molecule has 4 heteroatoms. The van der Waals surface area contributed by atoms with E-state index in [0.29, 0.717) is 12.0 Å². The number of hydrogen-bond acceptors (Lipinski definition) is 4. The zero-order valence-electron chi connectivity index (χ0n) is 8.82. The average molecular weight is 207 g/mol. The van der Waals surface area contributed by atoms with Crippen molar-refractivity contribution < 1.29 is 14.3 Å². The molecule has 1 aromatic rings. The van der Waals surface area contributed by atoms with E-state index in [0.717, 1.165) is 5.56 Å². The van der Waals surface area contributed by atoms with E-state index in [-0.39, 0.29) is 5.88 Å². The van der Waals surface area contributed by atoms with Crippen molar-refractivity contribution in [2.75, 3.05) is 14.2 Å². The van der Waals surface area contributed by atoms with E-state index in [4.69, 9.17) is 4.74 Å². The van der Waals surface area contributed by atoms with Crippen LogP contribution in [0.3, 0.4) is 0 Å². The summed E-state index contributed by atoms with van der Waals surface area (Å²) in [7, 11) is 2.78. The molecule has 0 radical (unpaired) electrons. The van der Waals surface area contributed by atoms with E-state index in [1.54, 1.807) is 18.3 Å². The predicted molar refractivity (Wildman–Crippen MR) is 56.0 cm³/mol. The zero-order chi connectivity index (χ0) is 11.3. The van der Waals surface area contributed by atoms with Crippen LogP contribution in [0.4, 0.5) is 0 Å². The molecule has 0 aromatic carbocycles. The van der Waals surface area contributed by atoms with Crippen molar-refractivity contribution in [2.24, 2.45) is 0 Å². The lowest BCUT2D eigenvalue weighted by molar-refractivity contribution is 0.0596. The van der Waals surface area contributed by atoms with Crippen LogP contribution in [0.1, 0.15) is 15.9 Å². The molecular formula is C11H13NO3. The third-order valence-corrected chi connectivity index (χ3v) is 1.89. The maximum atomic E-state index is 11.4. The van der Waals surface area contributed by atoms with Crippen LogP contribution >= 0.6 is 0 Å². The van der Waals surface area contributed by atoms with Gasteiger partial charge in [-0.15, -0.1) is 6.58 Å². The number of carbonyl (C=O) groups excluding carboxylic acids is 1. The summed E-state index contributed by atoms with van der Waals surface area (Å²) in [6.45, 7) is 3.62. The molecule has 0 saturated carbocycles. The molecule has 0 spiro atoms. The lowest BCUT2D eigenvalue weighted by Crippen LogP contribution is -2.06. The van der Waals surface area contributed by atoms with E-state index >= 15 is 0 Å². The van der Waals surface area contributed by atoms with E-state index < -0.39 is 5.97 Å². The molecule has 4 nitrogen and oxygen atoms in total. The smallest absolute Gasteiger partial charge is 0.343 e. The molecule has 0 amide bonds. The number of carbonyl (C=O) groups is 1. The topological polar surface area (TPSA) is 48.4 Å². The molecule has 0 aliphatic heterocycles. The Bertz CT molecular complexity index is 374. The number of allylic oxidation sites excluding steroid dienone is 1. The maximum absolute atomic E-state index is 11.4. The van der Waals surface area contributed by atoms with Gasteiger partial charge in [0.25, 0.3) is 0 Å². The molecule has 0 fully saturated rings. The summed E-state index contributed by atoms with van der Waals surface area (Å²) >= 11 is 0. The number of ether oxygens (including phenoxy) is 2. The first kappa shape index (κ1) is 11.2. The van der Waals surface area contributed by atoms with Crippen molar-refractivity contribution in [3.63, 3.8) is 0 Å². The van der Waals surface area contributed by atoms with Crippen molar-refractivity contribution in [1.29, 1.82) is 0 Å². The van der Waals surface area contributed by atoms with Gasteiger partial charge in [-0.1, -0.05) is 6.08 Å². The average Bonchev–Trinajstić information content (AvgIpc) is 2.28. The Morgan fingerprint density at radius 3 is 2.87 bits per heavy atom. The van der Waals surface area contributed by atoms with E-state index in [9.17, 15) is 4.79 Å². The summed E-state index contributed by atoms with van der Waals surface area (Å²) in [6.07, 6.45) is 4.04. The molecule has 15 heavy (non-hydrogen) atoms. The van der Waals surface area contributed by atoms with Gasteiger partial charge in [-0.2, -0.15) is 0 Å². The van der Waals surface area contributed by atoms with Crippen LogP contribution in [0.15, 0.2) is 24.9 Å². The van der Waals surface area contributed by atoms with Crippen molar-refractivity contribution in [2.45, 2.75) is 6.42 Å². The molecule has 0 unspecified atom stereocenters. The number of rotatable bonds is 4. The molecule has 1 aromatic heterocycles. The zero-order valence-corrected chi connectivity index (χ0v) is 8.82. The summed E-state index contributed by atoms with van der Waals surface area (Å²) in [4.78, 5) is 15.4. The van der Waals surface area contributed by atoms with Gasteiger partial charge in [0.2, 0.25) is 5.88 Å². The molecule has 0 aliphatic rings. The van der Waals surface area contributed by atoms with Crippen LogP contribution in [-0.4, -0.2) is 25.2 Å². The van der Waals surface area contributed by atoms with Crippen LogP contribution in [0.5, 0.6) is 5.88 Å². The van der Waals surface area contributed by atoms with Crippen LogP contribution in [-0.2, 0) is 11.2 Å². The SMILES string of the molecule is C=CCc1cnc(OC)c(C(=O)OC)c1. The van der Waals surface area contributed by atoms with Gasteiger partial charge in [0.05, 0.1) is 14.2 Å². The van der Waals surface area contributed by atoms with E-state index in [1.165, 1.54) is 14.2 Å². The fourth-order valence-electron chi connectivity index (χ4n) is 1.19. The summed E-state index contributed by atoms with van der Waals surface area (Å²) in [5.74, 6) is -0.181. The number of hydrogen-bond donors (Lipinski definition) is 0. The Labute approximate surface area is 88.5 Å². The minimum Gasteiger partial charge on any atom is -0.480 e. The van der Waals surface area contributed by atoms with Crippen LogP contribution < -0.4 is 4.74 Å². The lowest BCUT2D eigenvalue weighted by atomic mass is 10.1. The lowest BCUT2D eigenvalue weighted by Gasteiger charge is -2.06. The predicted octanol–water partition coefficient (Wildman–Crippen LogP) is 1.61. The van der Waals surface area contributed by atoms with Gasteiger partial charge in [-0.3, -0.25) is 0 Å². The van der Waals surface area contributed by atoms with Gasteiger partial charge >= 0.3 is 5.97 Å². The number of esters is 1. The van der Waals surface area contributed by atoms with E-state index in [1.807, 2.05) is 0 Å². The Kier molecular flexibility index (Phi) is 3.85. The minimum atomic E-state index is -0.453. The summed E-state index contributed by atoms with van der Waals surface area (Å²) in [6, 6.07) is 1.69. The highest BCUT2D eigenvalue weighted by atomic mass is 16.5. The van der Waals surface area contributed by atoms with Crippen LogP contribution in [0, 0.1) is 0 Å². The van der Waals surface area contributed by atoms with Crippen molar-refractivity contribution in [1.82, 2.24) is 4.98 Å². The largest absolute Gasteiger partial charge is 0.480 e. The molecule has 1 heterocycles. The molecule has 0 aliphatic carbocycles. The first-order valence-corrected chi connectivity index (χ1v) is 4.45. The van der Waals surface area contributed by atoms with Gasteiger partial charge in [0.15, 0.2) is 0 Å². The Morgan fingerprint density at radius 1 is 1.60 bits per heavy atom. The third kappa shape index (κ3) is 2.56. The monoisotopic (exact) mass is 207 g/mol. The normalized spacial score (nSPS) is 9.47. The Hall–Kier alpha value is -1.84. The molecule has 80 valence electrons. The number of aromatic nitrogens is 1. The fraction of sp³-hybridized carbons (Fsp3) is 0.273. The second-order valence-corrected chi connectivity index (χ2v) is 2.88. The van der Waals surface area contributed by atoms with Crippen molar-refractivity contribution in [3.8, 4) is 5.88 Å². The standard InChI is InChI=1S/C11H13NO3/c1-4-5-8-6-9(11(13)15-3)10(14-2)12-7-8/h4,6-7H,1,5H2,2-3H3. The quantitative estimate of drug-likeness (QED) is 0.556.